The van der Waals surface area contributed by atoms with E-state index >= 15 is 0 Å². The Hall–Kier alpha value is -2.11. The van der Waals surface area contributed by atoms with E-state index in [1.807, 2.05) is 0 Å². The van der Waals surface area contributed by atoms with Crippen molar-refractivity contribution < 1.29 is 14.0 Å². The van der Waals surface area contributed by atoms with E-state index in [9.17, 15) is 14.0 Å². The molecule has 1 saturated carbocycles. The molecule has 0 aliphatic heterocycles. The highest BCUT2D eigenvalue weighted by Crippen LogP contribution is 2.31. The summed E-state index contributed by atoms with van der Waals surface area (Å²) in [5.74, 6) is 0.00697. The van der Waals surface area contributed by atoms with Gasteiger partial charge in [0.1, 0.15) is 5.82 Å². The molecule has 1 fully saturated rings. The van der Waals surface area contributed by atoms with Gasteiger partial charge in [0, 0.05) is 19.0 Å². The first-order valence-electron chi connectivity index (χ1n) is 8.74. The highest BCUT2D eigenvalue weighted by molar-refractivity contribution is 5.79. The van der Waals surface area contributed by atoms with Gasteiger partial charge < -0.3 is 16.0 Å². The summed E-state index contributed by atoms with van der Waals surface area (Å²) in [7, 11) is 0. The third-order valence-electron chi connectivity index (χ3n) is 4.92. The van der Waals surface area contributed by atoms with E-state index in [-0.39, 0.29) is 29.7 Å². The summed E-state index contributed by atoms with van der Waals surface area (Å²) >= 11 is 0. The lowest BCUT2D eigenvalue weighted by molar-refractivity contribution is -0.124. The molecule has 1 atom stereocenters. The minimum Gasteiger partial charge on any atom is -0.354 e. The molecule has 0 bridgehead atoms. The Morgan fingerprint density at radius 3 is 2.62 bits per heavy atom. The third kappa shape index (κ3) is 4.04. The van der Waals surface area contributed by atoms with E-state index in [1.54, 1.807) is 6.07 Å². The highest BCUT2D eigenvalue weighted by Gasteiger charge is 2.24. The number of rotatable bonds is 5. The van der Waals surface area contributed by atoms with Crippen LogP contribution in [-0.4, -0.2) is 25.0 Å². The van der Waals surface area contributed by atoms with Gasteiger partial charge in [-0.15, -0.1) is 0 Å². The number of aryl methyl sites for hydroxylation is 1. The predicted molar refractivity (Wildman–Crippen MR) is 89.0 cm³/mol. The van der Waals surface area contributed by atoms with Crippen LogP contribution in [0.3, 0.4) is 0 Å². The number of urea groups is 1. The first-order valence-corrected chi connectivity index (χ1v) is 8.74. The molecule has 3 rings (SSSR count). The van der Waals surface area contributed by atoms with Crippen molar-refractivity contribution in [2.75, 3.05) is 13.1 Å². The molecule has 24 heavy (non-hydrogen) atoms. The third-order valence-corrected chi connectivity index (χ3v) is 4.92. The summed E-state index contributed by atoms with van der Waals surface area (Å²) in [5.41, 5.74) is 1.95. The molecule has 0 heterocycles. The van der Waals surface area contributed by atoms with Gasteiger partial charge in [-0.2, -0.15) is 0 Å². The average molecular weight is 333 g/mol. The zero-order valence-corrected chi connectivity index (χ0v) is 13.7. The van der Waals surface area contributed by atoms with Crippen LogP contribution in [0.15, 0.2) is 18.2 Å². The Balaban J connectivity index is 1.37. The molecule has 1 aromatic rings. The number of carbonyl (C=O) groups excluding carboxylic acids is 2. The maximum absolute atomic E-state index is 13.2. The quantitative estimate of drug-likeness (QED) is 0.724. The number of benzene rings is 1. The van der Waals surface area contributed by atoms with Crippen molar-refractivity contribution in [2.45, 2.75) is 44.6 Å². The van der Waals surface area contributed by atoms with E-state index in [0.29, 0.717) is 13.1 Å². The molecule has 2 aliphatic carbocycles. The second-order valence-electron chi connectivity index (χ2n) is 6.61. The number of hydrogen-bond donors (Lipinski definition) is 3. The summed E-state index contributed by atoms with van der Waals surface area (Å²) in [6, 6.07) is 4.37. The molecule has 6 heteroatoms. The van der Waals surface area contributed by atoms with Gasteiger partial charge in [0.2, 0.25) is 5.91 Å². The number of amides is 3. The molecule has 0 spiro atoms. The second-order valence-corrected chi connectivity index (χ2v) is 6.61. The van der Waals surface area contributed by atoms with Crippen LogP contribution in [0.25, 0.3) is 0 Å². The number of hydrogen-bond acceptors (Lipinski definition) is 2. The highest BCUT2D eigenvalue weighted by atomic mass is 19.1. The molecule has 130 valence electrons. The molecule has 2 aliphatic rings. The van der Waals surface area contributed by atoms with Gasteiger partial charge in [-0.1, -0.05) is 18.9 Å². The van der Waals surface area contributed by atoms with E-state index < -0.39 is 0 Å². The first-order chi connectivity index (χ1) is 11.6. The summed E-state index contributed by atoms with van der Waals surface area (Å²) in [6.45, 7) is 0.836. The predicted octanol–water partition coefficient (Wildman–Crippen LogP) is 2.42. The van der Waals surface area contributed by atoms with Crippen molar-refractivity contribution in [3.05, 3.63) is 35.1 Å². The monoisotopic (exact) mass is 333 g/mol. The average Bonchev–Trinajstić information content (AvgIpc) is 3.21. The lowest BCUT2D eigenvalue weighted by atomic mass is 10.1. The van der Waals surface area contributed by atoms with Crippen molar-refractivity contribution in [1.82, 2.24) is 16.0 Å². The summed E-state index contributed by atoms with van der Waals surface area (Å²) < 4.78 is 13.2. The molecular weight excluding hydrogens is 309 g/mol. The lowest BCUT2D eigenvalue weighted by Crippen LogP contribution is -2.42. The molecule has 0 aromatic heterocycles. The number of carbonyl (C=O) groups is 2. The molecule has 1 aromatic carbocycles. The minimum atomic E-state index is -0.257. The fraction of sp³-hybridized carbons (Fsp3) is 0.556. The largest absolute Gasteiger partial charge is 0.354 e. The van der Waals surface area contributed by atoms with Crippen LogP contribution in [0.4, 0.5) is 9.18 Å². The van der Waals surface area contributed by atoms with Crippen molar-refractivity contribution in [2.24, 2.45) is 5.92 Å². The van der Waals surface area contributed by atoms with Crippen molar-refractivity contribution in [3.63, 3.8) is 0 Å². The van der Waals surface area contributed by atoms with Crippen LogP contribution in [0.5, 0.6) is 0 Å². The van der Waals surface area contributed by atoms with E-state index in [0.717, 1.165) is 49.7 Å². The topological polar surface area (TPSA) is 70.2 Å². The van der Waals surface area contributed by atoms with Crippen LogP contribution >= 0.6 is 0 Å². The van der Waals surface area contributed by atoms with Crippen LogP contribution in [0.1, 0.15) is 49.3 Å². The Morgan fingerprint density at radius 2 is 1.83 bits per heavy atom. The summed E-state index contributed by atoms with van der Waals surface area (Å²) in [6.07, 6.45) is 5.76. The summed E-state index contributed by atoms with van der Waals surface area (Å²) in [4.78, 5) is 23.8. The Labute approximate surface area is 141 Å². The van der Waals surface area contributed by atoms with Gasteiger partial charge in [-0.25, -0.2) is 9.18 Å². The van der Waals surface area contributed by atoms with E-state index in [1.165, 1.54) is 12.1 Å². The standard InChI is InChI=1S/C18H24FN3O2/c19-14-6-7-15-13(11-14)5-8-16(15)22-18(24)21-10-9-20-17(23)12-3-1-2-4-12/h6-7,11-12,16H,1-5,8-10H2,(H,20,23)(H2,21,22,24)/t16-/m0/s1. The fourth-order valence-electron chi connectivity index (χ4n) is 3.64. The van der Waals surface area contributed by atoms with Crippen molar-refractivity contribution in [3.8, 4) is 0 Å². The molecule has 3 N–H and O–H groups in total. The number of fused-ring (bicyclic) bond motifs is 1. The molecule has 3 amide bonds. The van der Waals surface area contributed by atoms with E-state index in [4.69, 9.17) is 0 Å². The van der Waals surface area contributed by atoms with Gasteiger partial charge in [-0.3, -0.25) is 4.79 Å². The smallest absolute Gasteiger partial charge is 0.315 e. The van der Waals surface area contributed by atoms with Gasteiger partial charge in [0.25, 0.3) is 0 Å². The molecule has 0 saturated heterocycles. The Morgan fingerprint density at radius 1 is 1.08 bits per heavy atom. The maximum Gasteiger partial charge on any atom is 0.315 e. The molecule has 5 nitrogen and oxygen atoms in total. The fourth-order valence-corrected chi connectivity index (χ4v) is 3.64. The normalized spacial score (nSPS) is 19.8. The zero-order valence-electron chi connectivity index (χ0n) is 13.7. The maximum atomic E-state index is 13.2. The van der Waals surface area contributed by atoms with Gasteiger partial charge in [0.05, 0.1) is 6.04 Å². The minimum absolute atomic E-state index is 0.0753. The van der Waals surface area contributed by atoms with Crippen LogP contribution in [0.2, 0.25) is 0 Å². The van der Waals surface area contributed by atoms with E-state index in [2.05, 4.69) is 16.0 Å². The number of halogens is 1. The van der Waals surface area contributed by atoms with Gasteiger partial charge in [0.15, 0.2) is 0 Å². The second kappa shape index (κ2) is 7.64. The van der Waals surface area contributed by atoms with Crippen LogP contribution in [-0.2, 0) is 11.2 Å². The molecule has 0 unspecified atom stereocenters. The first kappa shape index (κ1) is 16.7. The molecule has 0 radical (unpaired) electrons. The lowest BCUT2D eigenvalue weighted by Gasteiger charge is -2.15. The number of nitrogens with one attached hydrogen (secondary N) is 3. The van der Waals surface area contributed by atoms with Gasteiger partial charge in [-0.05, 0) is 48.9 Å². The SMILES string of the molecule is O=C(NCCNC(=O)C1CCCC1)N[C@H]1CCc2cc(F)ccc21. The Bertz CT molecular complexity index is 614. The molecular formula is C18H24FN3O2. The van der Waals surface area contributed by atoms with Gasteiger partial charge >= 0.3 is 6.03 Å². The zero-order chi connectivity index (χ0) is 16.9. The van der Waals surface area contributed by atoms with Crippen molar-refractivity contribution in [1.29, 1.82) is 0 Å². The Kier molecular flexibility index (Phi) is 5.33. The summed E-state index contributed by atoms with van der Waals surface area (Å²) in [5, 5.41) is 8.54. The van der Waals surface area contributed by atoms with Crippen molar-refractivity contribution >= 4 is 11.9 Å². The van der Waals surface area contributed by atoms with Crippen LogP contribution < -0.4 is 16.0 Å². The van der Waals surface area contributed by atoms with Crippen LogP contribution in [0, 0.1) is 11.7 Å².